The van der Waals surface area contributed by atoms with Gasteiger partial charge in [0.2, 0.25) is 5.95 Å². The fourth-order valence-electron chi connectivity index (χ4n) is 0.894. The molecule has 2 nitrogen and oxygen atoms in total. The molecule has 0 saturated carbocycles. The Kier molecular flexibility index (Phi) is 1.28. The van der Waals surface area contributed by atoms with Gasteiger partial charge in [0.15, 0.2) is 0 Å². The van der Waals surface area contributed by atoms with E-state index in [0.29, 0.717) is 5.52 Å². The van der Waals surface area contributed by atoms with Gasteiger partial charge in [0.25, 0.3) is 0 Å². The monoisotopic (exact) mass is 147 g/mol. The van der Waals surface area contributed by atoms with E-state index in [4.69, 9.17) is 0 Å². The summed E-state index contributed by atoms with van der Waals surface area (Å²) in [7, 11) is 0. The van der Waals surface area contributed by atoms with Crippen LogP contribution < -0.4 is 0 Å². The Morgan fingerprint density at radius 3 is 3.18 bits per heavy atom. The van der Waals surface area contributed by atoms with E-state index in [1.165, 1.54) is 18.5 Å². The van der Waals surface area contributed by atoms with Gasteiger partial charge in [0, 0.05) is 23.7 Å². The summed E-state index contributed by atoms with van der Waals surface area (Å²) in [5.41, 5.74) is 0.685. The third-order valence-electron chi connectivity index (χ3n) is 1.40. The van der Waals surface area contributed by atoms with Gasteiger partial charge in [-0.2, -0.15) is 4.39 Å². The van der Waals surface area contributed by atoms with Crippen molar-refractivity contribution in [3.63, 3.8) is 0 Å². The van der Waals surface area contributed by atoms with Crippen LogP contribution in [0.2, 0.25) is 0 Å². The summed E-state index contributed by atoms with van der Waals surface area (Å²) in [4.78, 5) is 7.40. The van der Waals surface area contributed by atoms with E-state index in [1.54, 1.807) is 6.07 Å². The highest BCUT2D eigenvalue weighted by Crippen LogP contribution is 2.08. The van der Waals surface area contributed by atoms with Gasteiger partial charge in [0.1, 0.15) is 0 Å². The van der Waals surface area contributed by atoms with Gasteiger partial charge in [-0.15, -0.1) is 0 Å². The first kappa shape index (κ1) is 6.22. The normalized spacial score (nSPS) is 10.3. The largest absolute Gasteiger partial charge is 0.254 e. The summed E-state index contributed by atoms with van der Waals surface area (Å²) < 4.78 is 12.5. The third-order valence-corrected chi connectivity index (χ3v) is 1.40. The van der Waals surface area contributed by atoms with E-state index in [0.717, 1.165) is 5.39 Å². The van der Waals surface area contributed by atoms with Crippen LogP contribution in [0, 0.1) is 12.0 Å². The van der Waals surface area contributed by atoms with E-state index in [-0.39, 0.29) is 0 Å². The Hall–Kier alpha value is -1.51. The summed E-state index contributed by atoms with van der Waals surface area (Å²) in [6.07, 6.45) is 2.93. The highest BCUT2D eigenvalue weighted by molar-refractivity contribution is 5.76. The molecule has 0 aliphatic heterocycles. The smallest absolute Gasteiger partial charge is 0.213 e. The van der Waals surface area contributed by atoms with Crippen molar-refractivity contribution in [3.8, 4) is 0 Å². The van der Waals surface area contributed by atoms with E-state index in [2.05, 4.69) is 16.0 Å². The molecule has 0 spiro atoms. The summed E-state index contributed by atoms with van der Waals surface area (Å²) >= 11 is 0. The van der Waals surface area contributed by atoms with Gasteiger partial charge in [-0.05, 0) is 6.07 Å². The Balaban J connectivity index is 2.83. The van der Waals surface area contributed by atoms with Crippen molar-refractivity contribution in [1.82, 2.24) is 9.97 Å². The molecule has 2 aromatic rings. The number of nitrogens with zero attached hydrogens (tertiary/aromatic N) is 2. The van der Waals surface area contributed by atoms with Crippen molar-refractivity contribution in [3.05, 3.63) is 36.5 Å². The van der Waals surface area contributed by atoms with Gasteiger partial charge in [0.05, 0.1) is 11.7 Å². The molecule has 0 aliphatic rings. The second kappa shape index (κ2) is 2.27. The molecule has 0 N–H and O–H groups in total. The van der Waals surface area contributed by atoms with Gasteiger partial charge in [-0.3, -0.25) is 4.98 Å². The van der Waals surface area contributed by atoms with Crippen molar-refractivity contribution in [2.24, 2.45) is 0 Å². The first-order chi connectivity index (χ1) is 5.36. The molecule has 2 rings (SSSR count). The minimum atomic E-state index is -0.487. The zero-order valence-corrected chi connectivity index (χ0v) is 5.58. The zero-order valence-electron chi connectivity index (χ0n) is 5.58. The van der Waals surface area contributed by atoms with Crippen LogP contribution in [0.25, 0.3) is 10.9 Å². The summed E-state index contributed by atoms with van der Waals surface area (Å²) in [6.45, 7) is 0. The number of hydrogen-bond acceptors (Lipinski definition) is 2. The van der Waals surface area contributed by atoms with Crippen LogP contribution >= 0.6 is 0 Å². The lowest BCUT2D eigenvalue weighted by molar-refractivity contribution is 0.586. The maximum atomic E-state index is 12.5. The van der Waals surface area contributed by atoms with Crippen LogP contribution in [-0.2, 0) is 0 Å². The van der Waals surface area contributed by atoms with E-state index in [1.807, 2.05) is 0 Å². The van der Waals surface area contributed by atoms with E-state index in [9.17, 15) is 4.39 Å². The quantitative estimate of drug-likeness (QED) is 0.528. The molecule has 0 atom stereocenters. The number of hydrogen-bond donors (Lipinski definition) is 0. The molecule has 0 saturated heterocycles. The number of aromatic nitrogens is 2. The molecule has 2 heterocycles. The number of fused-ring (bicyclic) bond motifs is 1. The van der Waals surface area contributed by atoms with Crippen molar-refractivity contribution in [1.29, 1.82) is 0 Å². The minimum Gasteiger partial charge on any atom is -0.254 e. The Morgan fingerprint density at radius 2 is 2.27 bits per heavy atom. The predicted molar refractivity (Wildman–Crippen MR) is 38.3 cm³/mol. The van der Waals surface area contributed by atoms with Crippen LogP contribution in [0.3, 0.4) is 0 Å². The summed E-state index contributed by atoms with van der Waals surface area (Å²) in [5.74, 6) is -0.487. The average molecular weight is 147 g/mol. The van der Waals surface area contributed by atoms with Gasteiger partial charge >= 0.3 is 0 Å². The van der Waals surface area contributed by atoms with Crippen LogP contribution in [0.15, 0.2) is 24.5 Å². The molecule has 0 aliphatic carbocycles. The molecule has 53 valence electrons. The molecule has 1 radical (unpaired) electrons. The number of halogens is 1. The fourth-order valence-corrected chi connectivity index (χ4v) is 0.894. The first-order valence-electron chi connectivity index (χ1n) is 3.13. The molecule has 2 aromatic heterocycles. The predicted octanol–water partition coefficient (Wildman–Crippen LogP) is 1.57. The molecule has 0 amide bonds. The van der Waals surface area contributed by atoms with Crippen LogP contribution in [0.1, 0.15) is 0 Å². The standard InChI is InChI=1S/C8H4FN2/c9-8-4-6-2-1-3-10-7(6)5-11-8/h2-5H. The highest BCUT2D eigenvalue weighted by atomic mass is 19.1. The SMILES string of the molecule is Fc1cc2c[c]cnc2cn1. The lowest BCUT2D eigenvalue weighted by Crippen LogP contribution is -1.83. The number of pyridine rings is 2. The highest BCUT2D eigenvalue weighted by Gasteiger charge is 1.94. The lowest BCUT2D eigenvalue weighted by atomic mass is 10.3. The lowest BCUT2D eigenvalue weighted by Gasteiger charge is -1.92. The average Bonchev–Trinajstić information content (AvgIpc) is 2.04. The van der Waals surface area contributed by atoms with Crippen molar-refractivity contribution >= 4 is 10.9 Å². The molecule has 3 heteroatoms. The van der Waals surface area contributed by atoms with E-state index >= 15 is 0 Å². The van der Waals surface area contributed by atoms with Gasteiger partial charge in [-0.1, -0.05) is 0 Å². The number of rotatable bonds is 0. The maximum absolute atomic E-state index is 12.5. The Labute approximate surface area is 62.7 Å². The van der Waals surface area contributed by atoms with E-state index < -0.39 is 5.95 Å². The fraction of sp³-hybridized carbons (Fsp3) is 0. The molecule has 0 bridgehead atoms. The molecule has 0 aromatic carbocycles. The maximum Gasteiger partial charge on any atom is 0.213 e. The van der Waals surface area contributed by atoms with Crippen LogP contribution in [-0.4, -0.2) is 9.97 Å². The van der Waals surface area contributed by atoms with Crippen molar-refractivity contribution in [2.75, 3.05) is 0 Å². The Bertz CT molecular complexity index is 387. The van der Waals surface area contributed by atoms with Crippen molar-refractivity contribution < 1.29 is 4.39 Å². The minimum absolute atomic E-state index is 0.487. The Morgan fingerprint density at radius 1 is 1.36 bits per heavy atom. The molecular formula is C8H4FN2. The molecule has 11 heavy (non-hydrogen) atoms. The van der Waals surface area contributed by atoms with Crippen molar-refractivity contribution in [2.45, 2.75) is 0 Å². The van der Waals surface area contributed by atoms with Gasteiger partial charge in [-0.25, -0.2) is 4.98 Å². The molecule has 0 fully saturated rings. The molecular weight excluding hydrogens is 143 g/mol. The van der Waals surface area contributed by atoms with Crippen LogP contribution in [0.5, 0.6) is 0 Å². The first-order valence-corrected chi connectivity index (χ1v) is 3.13. The molecule has 0 unspecified atom stereocenters. The second-order valence-electron chi connectivity index (χ2n) is 2.14. The summed E-state index contributed by atoms with van der Waals surface area (Å²) in [6, 6.07) is 5.76. The topological polar surface area (TPSA) is 25.8 Å². The summed E-state index contributed by atoms with van der Waals surface area (Å²) in [5, 5.41) is 0.722. The van der Waals surface area contributed by atoms with Crippen LogP contribution in [0.4, 0.5) is 4.39 Å². The third kappa shape index (κ3) is 1.05. The van der Waals surface area contributed by atoms with Gasteiger partial charge < -0.3 is 0 Å². The zero-order chi connectivity index (χ0) is 7.68. The second-order valence-corrected chi connectivity index (χ2v) is 2.14.